The van der Waals surface area contributed by atoms with Gasteiger partial charge in [0.25, 0.3) is 0 Å². The van der Waals surface area contributed by atoms with Crippen molar-refractivity contribution in [3.8, 4) is 20.9 Å². The fourth-order valence-electron chi connectivity index (χ4n) is 4.01. The van der Waals surface area contributed by atoms with E-state index in [0.29, 0.717) is 19.3 Å². The lowest BCUT2D eigenvalue weighted by atomic mass is 9.88. The molecule has 0 aliphatic carbocycles. The standard InChI is InChI=1S/C29H34O5S2/c1-19(28(33)34)8-6-9-22-14-20(31)16-26(35-22)24-11-4-5-12-25(24)27-17-21(32)15-23(36-27)10-7-13-29(2,3)18-30/h4-5,11-12,14-17,19,30H,6-10,13,18H2,1-3H3,(H,33,34). The minimum Gasteiger partial charge on any atom is -0.481 e. The van der Waals surface area contributed by atoms with Gasteiger partial charge in [0.05, 0.1) is 5.92 Å². The van der Waals surface area contributed by atoms with Gasteiger partial charge in [0.1, 0.15) is 0 Å². The van der Waals surface area contributed by atoms with E-state index in [-0.39, 0.29) is 22.9 Å². The van der Waals surface area contributed by atoms with E-state index in [1.54, 1.807) is 53.9 Å². The Bertz CT molecular complexity index is 1310. The molecule has 192 valence electrons. The summed E-state index contributed by atoms with van der Waals surface area (Å²) in [5.74, 6) is -1.21. The van der Waals surface area contributed by atoms with E-state index < -0.39 is 11.9 Å². The molecular formula is C29H34O5S2. The van der Waals surface area contributed by atoms with Crippen LogP contribution >= 0.6 is 22.7 Å². The molecule has 0 radical (unpaired) electrons. The minimum atomic E-state index is -0.802. The Labute approximate surface area is 220 Å². The normalized spacial score (nSPS) is 12.4. The lowest BCUT2D eigenvalue weighted by molar-refractivity contribution is -0.141. The number of benzene rings is 1. The topological polar surface area (TPSA) is 91.7 Å². The number of aliphatic hydroxyl groups excluding tert-OH is 1. The number of aliphatic carboxylic acids is 1. The van der Waals surface area contributed by atoms with E-state index in [2.05, 4.69) is 0 Å². The second-order valence-electron chi connectivity index (χ2n) is 10.1. The Kier molecular flexibility index (Phi) is 9.77. The van der Waals surface area contributed by atoms with Crippen LogP contribution in [0.2, 0.25) is 0 Å². The van der Waals surface area contributed by atoms with Crippen molar-refractivity contribution in [1.29, 1.82) is 0 Å². The highest BCUT2D eigenvalue weighted by Gasteiger charge is 2.17. The predicted molar refractivity (Wildman–Crippen MR) is 149 cm³/mol. The molecule has 0 fully saturated rings. The molecule has 0 bridgehead atoms. The SMILES string of the molecule is CC(CCCc1cc(=O)cc(-c2ccccc2-c2cc(=O)cc(CCCC(C)(C)CO)s2)s1)C(=O)O. The van der Waals surface area contributed by atoms with Gasteiger partial charge in [-0.05, 0) is 56.1 Å². The first kappa shape index (κ1) is 28.0. The Morgan fingerprint density at radius 1 is 0.889 bits per heavy atom. The van der Waals surface area contributed by atoms with Gasteiger partial charge >= 0.3 is 5.97 Å². The number of rotatable bonds is 12. The van der Waals surface area contributed by atoms with Crippen LogP contribution in [0.1, 0.15) is 56.2 Å². The predicted octanol–water partition coefficient (Wildman–Crippen LogP) is 6.25. The molecule has 0 aliphatic heterocycles. The van der Waals surface area contributed by atoms with Crippen LogP contribution in [0.15, 0.2) is 58.1 Å². The van der Waals surface area contributed by atoms with Crippen LogP contribution in [0, 0.1) is 11.3 Å². The molecule has 1 unspecified atom stereocenters. The van der Waals surface area contributed by atoms with Crippen molar-refractivity contribution in [2.45, 2.75) is 59.3 Å². The fraction of sp³-hybridized carbons (Fsp3) is 0.414. The highest BCUT2D eigenvalue weighted by Crippen LogP contribution is 2.37. The molecular weight excluding hydrogens is 492 g/mol. The van der Waals surface area contributed by atoms with Crippen molar-refractivity contribution >= 4 is 28.6 Å². The summed E-state index contributed by atoms with van der Waals surface area (Å²) in [4.78, 5) is 39.8. The quantitative estimate of drug-likeness (QED) is 0.291. The molecule has 2 heterocycles. The van der Waals surface area contributed by atoms with Crippen LogP contribution in [0.5, 0.6) is 0 Å². The van der Waals surface area contributed by atoms with Crippen molar-refractivity contribution < 1.29 is 15.0 Å². The maximum Gasteiger partial charge on any atom is 0.306 e. The fourth-order valence-corrected chi connectivity index (χ4v) is 6.34. The largest absolute Gasteiger partial charge is 0.481 e. The molecule has 36 heavy (non-hydrogen) atoms. The van der Waals surface area contributed by atoms with E-state index in [0.717, 1.165) is 49.9 Å². The Morgan fingerprint density at radius 2 is 1.39 bits per heavy atom. The highest BCUT2D eigenvalue weighted by molar-refractivity contribution is 7.16. The van der Waals surface area contributed by atoms with Gasteiger partial charge in [0, 0.05) is 49.4 Å². The third-order valence-corrected chi connectivity index (χ3v) is 8.56. The molecule has 0 aliphatic rings. The Morgan fingerprint density at radius 3 is 1.86 bits per heavy atom. The second kappa shape index (κ2) is 12.6. The molecule has 0 amide bonds. The van der Waals surface area contributed by atoms with Crippen LogP contribution < -0.4 is 10.9 Å². The minimum absolute atomic E-state index is 0.0375. The van der Waals surface area contributed by atoms with E-state index >= 15 is 0 Å². The van der Waals surface area contributed by atoms with Gasteiger partial charge < -0.3 is 10.2 Å². The number of hydrogen-bond donors (Lipinski definition) is 2. The summed E-state index contributed by atoms with van der Waals surface area (Å²) in [5, 5.41) is 18.6. The highest BCUT2D eigenvalue weighted by atomic mass is 32.1. The number of aryl methyl sites for hydroxylation is 2. The lowest BCUT2D eigenvalue weighted by Gasteiger charge is -2.21. The molecule has 5 nitrogen and oxygen atoms in total. The first-order valence-corrected chi connectivity index (χ1v) is 13.9. The molecule has 1 atom stereocenters. The summed E-state index contributed by atoms with van der Waals surface area (Å²) in [7, 11) is 0. The number of aliphatic hydroxyl groups is 1. The number of carboxylic acids is 1. The molecule has 2 N–H and O–H groups in total. The maximum atomic E-state index is 12.6. The molecule has 1 aromatic carbocycles. The van der Waals surface area contributed by atoms with E-state index in [4.69, 9.17) is 5.11 Å². The third-order valence-electron chi connectivity index (χ3n) is 6.28. The van der Waals surface area contributed by atoms with Gasteiger partial charge in [0.2, 0.25) is 0 Å². The molecule has 2 aromatic heterocycles. The van der Waals surface area contributed by atoms with Crippen LogP contribution in [-0.4, -0.2) is 22.8 Å². The first-order valence-electron chi connectivity index (χ1n) is 12.3. The van der Waals surface area contributed by atoms with Gasteiger partial charge in [-0.1, -0.05) is 45.0 Å². The monoisotopic (exact) mass is 526 g/mol. The number of hydrogen-bond acceptors (Lipinski definition) is 6. The third kappa shape index (κ3) is 7.95. The number of carbonyl (C=O) groups is 1. The molecule has 0 saturated heterocycles. The summed E-state index contributed by atoms with van der Waals surface area (Å²) in [5.41, 5.74) is 1.58. The average molecular weight is 527 g/mol. The van der Waals surface area contributed by atoms with Crippen LogP contribution in [0.4, 0.5) is 0 Å². The molecule has 0 saturated carbocycles. The smallest absolute Gasteiger partial charge is 0.306 e. The zero-order valence-corrected chi connectivity index (χ0v) is 22.7. The summed E-state index contributed by atoms with van der Waals surface area (Å²) in [6, 6.07) is 14.4. The summed E-state index contributed by atoms with van der Waals surface area (Å²) >= 11 is 3.13. The number of carboxylic acid groups (broad SMARTS) is 1. The summed E-state index contributed by atoms with van der Waals surface area (Å²) in [6.45, 7) is 5.91. The summed E-state index contributed by atoms with van der Waals surface area (Å²) < 4.78 is 0. The van der Waals surface area contributed by atoms with Crippen molar-refractivity contribution in [3.05, 3.63) is 78.7 Å². The molecule has 3 rings (SSSR count). The van der Waals surface area contributed by atoms with Crippen LogP contribution in [-0.2, 0) is 17.6 Å². The lowest BCUT2D eigenvalue weighted by Crippen LogP contribution is -2.16. The average Bonchev–Trinajstić information content (AvgIpc) is 2.83. The van der Waals surface area contributed by atoms with Crippen molar-refractivity contribution in [2.24, 2.45) is 11.3 Å². The zero-order valence-electron chi connectivity index (χ0n) is 21.1. The van der Waals surface area contributed by atoms with E-state index in [9.17, 15) is 19.5 Å². The zero-order chi connectivity index (χ0) is 26.3. The van der Waals surface area contributed by atoms with Gasteiger partial charge in [-0.2, -0.15) is 0 Å². The second-order valence-corrected chi connectivity index (χ2v) is 12.4. The first-order chi connectivity index (χ1) is 17.1. The van der Waals surface area contributed by atoms with Gasteiger partial charge in [0.15, 0.2) is 10.9 Å². The Balaban J connectivity index is 1.88. The summed E-state index contributed by atoms with van der Waals surface area (Å²) in [6.07, 6.45) is 4.45. The maximum absolute atomic E-state index is 12.6. The molecule has 3 aromatic rings. The van der Waals surface area contributed by atoms with Crippen LogP contribution in [0.3, 0.4) is 0 Å². The van der Waals surface area contributed by atoms with Gasteiger partial charge in [-0.15, -0.1) is 22.7 Å². The van der Waals surface area contributed by atoms with Gasteiger partial charge in [-0.25, -0.2) is 0 Å². The van der Waals surface area contributed by atoms with E-state index in [1.165, 1.54) is 0 Å². The van der Waals surface area contributed by atoms with Gasteiger partial charge in [-0.3, -0.25) is 14.4 Å². The Hall–Kier alpha value is -2.61. The van der Waals surface area contributed by atoms with Crippen molar-refractivity contribution in [2.75, 3.05) is 6.61 Å². The molecule has 0 spiro atoms. The van der Waals surface area contributed by atoms with Crippen molar-refractivity contribution in [1.82, 2.24) is 0 Å². The van der Waals surface area contributed by atoms with E-state index in [1.807, 2.05) is 38.1 Å². The van der Waals surface area contributed by atoms with Crippen LogP contribution in [0.25, 0.3) is 20.9 Å². The van der Waals surface area contributed by atoms with Crippen molar-refractivity contribution in [3.63, 3.8) is 0 Å². The molecule has 7 heteroatoms.